The Kier molecular flexibility index (Phi) is 8.53. The van der Waals surface area contributed by atoms with Gasteiger partial charge in [-0.3, -0.25) is 9.79 Å². The molecule has 0 radical (unpaired) electrons. The lowest BCUT2D eigenvalue weighted by atomic mass is 10.1. The summed E-state index contributed by atoms with van der Waals surface area (Å²) in [4.78, 5) is 24.6. The second kappa shape index (κ2) is 11.1. The molecule has 170 valence electrons. The molecule has 1 amide bonds. The number of hydrogen-bond acceptors (Lipinski definition) is 3. The summed E-state index contributed by atoms with van der Waals surface area (Å²) in [6, 6.07) is 4.82. The molecule has 2 aromatic rings. The third-order valence-corrected chi connectivity index (χ3v) is 5.80. The van der Waals surface area contributed by atoms with Gasteiger partial charge in [-0.2, -0.15) is 0 Å². The number of rotatable bonds is 5. The van der Waals surface area contributed by atoms with Gasteiger partial charge in [0.25, 0.3) is 5.91 Å². The zero-order valence-corrected chi connectivity index (χ0v) is 20.2. The standard InChI is InChI=1S/C22H30FN5O2.HI/c1-2-24-22(25-8-7-16-15-26-19-14-17(23)5-6-18(16)19)28-11-9-27(10-12-28)21(29)20-4-3-13-30-20;/h5-6,14-15,20,26H,2-4,7-13H2,1H3,(H,24,25);1H. The van der Waals surface area contributed by atoms with E-state index < -0.39 is 0 Å². The summed E-state index contributed by atoms with van der Waals surface area (Å²) in [7, 11) is 0. The number of ether oxygens (including phenoxy) is 1. The maximum absolute atomic E-state index is 13.4. The van der Waals surface area contributed by atoms with Crippen LogP contribution in [0.25, 0.3) is 10.9 Å². The number of nitrogens with zero attached hydrogens (tertiary/aromatic N) is 3. The van der Waals surface area contributed by atoms with E-state index in [0.717, 1.165) is 61.3 Å². The monoisotopic (exact) mass is 543 g/mol. The molecule has 31 heavy (non-hydrogen) atoms. The van der Waals surface area contributed by atoms with Crippen molar-refractivity contribution in [3.8, 4) is 0 Å². The molecule has 1 atom stereocenters. The molecule has 7 nitrogen and oxygen atoms in total. The highest BCUT2D eigenvalue weighted by molar-refractivity contribution is 14.0. The molecule has 1 aromatic heterocycles. The number of aromatic nitrogens is 1. The summed E-state index contributed by atoms with van der Waals surface area (Å²) in [6.45, 7) is 7.09. The molecule has 0 aliphatic carbocycles. The molecule has 9 heteroatoms. The Bertz CT molecular complexity index is 904. The van der Waals surface area contributed by atoms with E-state index in [1.807, 2.05) is 17.2 Å². The van der Waals surface area contributed by atoms with E-state index >= 15 is 0 Å². The number of benzene rings is 1. The van der Waals surface area contributed by atoms with Crippen molar-refractivity contribution in [2.24, 2.45) is 4.99 Å². The first-order valence-corrected chi connectivity index (χ1v) is 10.8. The second-order valence-corrected chi connectivity index (χ2v) is 7.80. The molecule has 1 unspecified atom stereocenters. The topological polar surface area (TPSA) is 73.0 Å². The lowest BCUT2D eigenvalue weighted by Crippen LogP contribution is -2.55. The van der Waals surface area contributed by atoms with Gasteiger partial charge >= 0.3 is 0 Å². The van der Waals surface area contributed by atoms with Crippen LogP contribution < -0.4 is 5.32 Å². The van der Waals surface area contributed by atoms with Gasteiger partial charge in [0.05, 0.1) is 0 Å². The fraction of sp³-hybridized carbons (Fsp3) is 0.545. The number of piperazine rings is 1. The second-order valence-electron chi connectivity index (χ2n) is 7.80. The minimum atomic E-state index is -0.247. The SMILES string of the molecule is CCNC(=NCCc1c[nH]c2cc(F)ccc12)N1CCN(C(=O)C2CCCO2)CC1.I. The van der Waals surface area contributed by atoms with Gasteiger partial charge in [-0.1, -0.05) is 0 Å². The van der Waals surface area contributed by atoms with E-state index in [4.69, 9.17) is 9.73 Å². The Morgan fingerprint density at radius 2 is 2.06 bits per heavy atom. The molecule has 1 aromatic carbocycles. The molecule has 2 aliphatic heterocycles. The van der Waals surface area contributed by atoms with Crippen LogP contribution in [0.3, 0.4) is 0 Å². The fourth-order valence-electron chi connectivity index (χ4n) is 4.19. The number of H-pyrrole nitrogens is 1. The normalized spacial score (nSPS) is 19.5. The minimum Gasteiger partial charge on any atom is -0.368 e. The minimum absolute atomic E-state index is 0. The summed E-state index contributed by atoms with van der Waals surface area (Å²) in [5, 5.41) is 4.41. The van der Waals surface area contributed by atoms with E-state index in [1.165, 1.54) is 12.1 Å². The number of fused-ring (bicyclic) bond motifs is 1. The van der Waals surface area contributed by atoms with Crippen LogP contribution in [0.2, 0.25) is 0 Å². The van der Waals surface area contributed by atoms with Crippen molar-refractivity contribution in [3.63, 3.8) is 0 Å². The van der Waals surface area contributed by atoms with E-state index in [-0.39, 0.29) is 41.8 Å². The van der Waals surface area contributed by atoms with Crippen LogP contribution >= 0.6 is 24.0 Å². The van der Waals surface area contributed by atoms with Gasteiger partial charge in [0.2, 0.25) is 0 Å². The fourth-order valence-corrected chi connectivity index (χ4v) is 4.19. The third-order valence-electron chi connectivity index (χ3n) is 5.80. The number of guanidine groups is 1. The van der Waals surface area contributed by atoms with Gasteiger partial charge in [0.1, 0.15) is 11.9 Å². The summed E-state index contributed by atoms with van der Waals surface area (Å²) in [6.07, 6.45) is 4.27. The zero-order chi connectivity index (χ0) is 20.9. The smallest absolute Gasteiger partial charge is 0.251 e. The Morgan fingerprint density at radius 3 is 2.77 bits per heavy atom. The van der Waals surface area contributed by atoms with Crippen LogP contribution in [0.1, 0.15) is 25.3 Å². The van der Waals surface area contributed by atoms with Gasteiger partial charge in [0, 0.05) is 63.0 Å². The Morgan fingerprint density at radius 1 is 1.29 bits per heavy atom. The number of carbonyl (C=O) groups excluding carboxylic acids is 1. The summed E-state index contributed by atoms with van der Waals surface area (Å²) >= 11 is 0. The summed E-state index contributed by atoms with van der Waals surface area (Å²) in [5.74, 6) is 0.776. The highest BCUT2D eigenvalue weighted by atomic mass is 127. The van der Waals surface area contributed by atoms with Crippen molar-refractivity contribution in [1.29, 1.82) is 0 Å². The van der Waals surface area contributed by atoms with E-state index in [2.05, 4.69) is 22.1 Å². The predicted molar refractivity (Wildman–Crippen MR) is 130 cm³/mol. The molecule has 0 bridgehead atoms. The third kappa shape index (κ3) is 5.68. The largest absolute Gasteiger partial charge is 0.368 e. The zero-order valence-electron chi connectivity index (χ0n) is 17.9. The number of hydrogen-bond donors (Lipinski definition) is 2. The van der Waals surface area contributed by atoms with Gasteiger partial charge in [-0.05, 0) is 49.9 Å². The van der Waals surface area contributed by atoms with Crippen LogP contribution in [0.5, 0.6) is 0 Å². The highest BCUT2D eigenvalue weighted by Gasteiger charge is 2.30. The number of nitrogens with one attached hydrogen (secondary N) is 2. The molecular weight excluding hydrogens is 512 g/mol. The summed E-state index contributed by atoms with van der Waals surface area (Å²) in [5.41, 5.74) is 1.95. The lowest BCUT2D eigenvalue weighted by Gasteiger charge is -2.37. The first-order valence-electron chi connectivity index (χ1n) is 10.8. The van der Waals surface area contributed by atoms with Crippen LogP contribution in [-0.4, -0.2) is 78.6 Å². The predicted octanol–water partition coefficient (Wildman–Crippen LogP) is 2.76. The average Bonchev–Trinajstić information content (AvgIpc) is 3.43. The number of halogens is 2. The van der Waals surface area contributed by atoms with Crippen LogP contribution in [-0.2, 0) is 16.0 Å². The van der Waals surface area contributed by atoms with E-state index in [0.29, 0.717) is 26.2 Å². The molecule has 0 spiro atoms. The number of aromatic amines is 1. The molecule has 0 saturated carbocycles. The Labute approximate surface area is 199 Å². The molecule has 4 rings (SSSR count). The molecule has 2 N–H and O–H groups in total. The van der Waals surface area contributed by atoms with Crippen LogP contribution in [0.4, 0.5) is 4.39 Å². The molecule has 2 saturated heterocycles. The first-order chi connectivity index (χ1) is 14.7. The van der Waals surface area contributed by atoms with E-state index in [9.17, 15) is 9.18 Å². The maximum atomic E-state index is 13.4. The summed E-state index contributed by atoms with van der Waals surface area (Å²) < 4.78 is 18.9. The van der Waals surface area contributed by atoms with Crippen LogP contribution in [0.15, 0.2) is 29.4 Å². The van der Waals surface area contributed by atoms with Gasteiger partial charge in [-0.25, -0.2) is 4.39 Å². The Balaban J connectivity index is 0.00000272. The van der Waals surface area contributed by atoms with Crippen molar-refractivity contribution >= 4 is 46.7 Å². The van der Waals surface area contributed by atoms with Crippen LogP contribution in [0, 0.1) is 5.82 Å². The van der Waals surface area contributed by atoms with Crippen molar-refractivity contribution in [3.05, 3.63) is 35.8 Å². The van der Waals surface area contributed by atoms with Crippen molar-refractivity contribution in [2.45, 2.75) is 32.3 Å². The number of amides is 1. The highest BCUT2D eigenvalue weighted by Crippen LogP contribution is 2.20. The van der Waals surface area contributed by atoms with Gasteiger partial charge in [0.15, 0.2) is 5.96 Å². The van der Waals surface area contributed by atoms with Crippen molar-refractivity contribution in [1.82, 2.24) is 20.1 Å². The molecule has 3 heterocycles. The molecule has 2 fully saturated rings. The Hall–Kier alpha value is -1.88. The quantitative estimate of drug-likeness (QED) is 0.346. The number of aliphatic imine (C=N–C) groups is 1. The van der Waals surface area contributed by atoms with Gasteiger partial charge in [-0.15, -0.1) is 24.0 Å². The lowest BCUT2D eigenvalue weighted by molar-refractivity contribution is -0.142. The van der Waals surface area contributed by atoms with E-state index in [1.54, 1.807) is 0 Å². The molecule has 2 aliphatic rings. The number of carbonyl (C=O) groups is 1. The van der Waals surface area contributed by atoms with Crippen molar-refractivity contribution in [2.75, 3.05) is 45.9 Å². The molecular formula is C22H31FIN5O2. The van der Waals surface area contributed by atoms with Gasteiger partial charge < -0.3 is 24.8 Å². The first kappa shape index (κ1) is 23.8. The maximum Gasteiger partial charge on any atom is 0.251 e. The van der Waals surface area contributed by atoms with Crippen molar-refractivity contribution < 1.29 is 13.9 Å². The average molecular weight is 543 g/mol.